The molecule has 0 aliphatic heterocycles. The van der Waals surface area contributed by atoms with Gasteiger partial charge in [-0.15, -0.1) is 0 Å². The van der Waals surface area contributed by atoms with Gasteiger partial charge in [0.1, 0.15) is 17.3 Å². The molecule has 0 radical (unpaired) electrons. The Morgan fingerprint density at radius 3 is 2.88 bits per heavy atom. The summed E-state index contributed by atoms with van der Waals surface area (Å²) >= 11 is 0. The minimum Gasteiger partial charge on any atom is -0.382 e. The van der Waals surface area contributed by atoms with Gasteiger partial charge in [-0.3, -0.25) is 5.41 Å². The van der Waals surface area contributed by atoms with Crippen molar-refractivity contribution in [1.82, 2.24) is 4.98 Å². The van der Waals surface area contributed by atoms with Crippen molar-refractivity contribution < 1.29 is 0 Å². The van der Waals surface area contributed by atoms with Gasteiger partial charge in [0.2, 0.25) is 0 Å². The minimum atomic E-state index is 0.0368. The summed E-state index contributed by atoms with van der Waals surface area (Å²) in [5, 5.41) is 7.43. The van der Waals surface area contributed by atoms with E-state index in [9.17, 15) is 0 Å². The molecular formula is C13H20N4. The summed E-state index contributed by atoms with van der Waals surface area (Å²) in [6.07, 6.45) is 3.79. The zero-order chi connectivity index (χ0) is 12.3. The Morgan fingerprint density at radius 1 is 1.53 bits per heavy atom. The Kier molecular flexibility index (Phi) is 3.61. The highest BCUT2D eigenvalue weighted by Crippen LogP contribution is 2.31. The summed E-state index contributed by atoms with van der Waals surface area (Å²) in [7, 11) is 0. The average molecular weight is 232 g/mol. The molecule has 0 bridgehead atoms. The number of aromatic nitrogens is 1. The predicted octanol–water partition coefficient (Wildman–Crippen LogP) is 1.99. The van der Waals surface area contributed by atoms with Gasteiger partial charge in [0.25, 0.3) is 0 Å². The van der Waals surface area contributed by atoms with Crippen LogP contribution in [0.1, 0.15) is 31.9 Å². The van der Waals surface area contributed by atoms with Gasteiger partial charge in [0, 0.05) is 13.1 Å². The Hall–Kier alpha value is -1.58. The van der Waals surface area contributed by atoms with E-state index < -0.39 is 0 Å². The lowest BCUT2D eigenvalue weighted by Gasteiger charge is -2.23. The van der Waals surface area contributed by atoms with Gasteiger partial charge in [-0.1, -0.05) is 13.0 Å². The number of amidine groups is 1. The maximum absolute atomic E-state index is 7.43. The second-order valence-electron chi connectivity index (χ2n) is 4.68. The van der Waals surface area contributed by atoms with Crippen LogP contribution in [-0.4, -0.2) is 23.9 Å². The minimum absolute atomic E-state index is 0.0368. The van der Waals surface area contributed by atoms with Gasteiger partial charge >= 0.3 is 0 Å². The fourth-order valence-electron chi connectivity index (χ4n) is 1.93. The van der Waals surface area contributed by atoms with Crippen LogP contribution in [0.25, 0.3) is 0 Å². The molecule has 0 aromatic carbocycles. The molecule has 1 fully saturated rings. The number of nitrogens with two attached hydrogens (primary N) is 1. The highest BCUT2D eigenvalue weighted by molar-refractivity contribution is 5.93. The first-order chi connectivity index (χ1) is 8.20. The molecule has 1 saturated carbocycles. The van der Waals surface area contributed by atoms with E-state index in [4.69, 9.17) is 11.1 Å². The molecule has 1 heterocycles. The fourth-order valence-corrected chi connectivity index (χ4v) is 1.93. The number of nitrogens with zero attached hydrogens (tertiary/aromatic N) is 2. The van der Waals surface area contributed by atoms with Gasteiger partial charge in [-0.25, -0.2) is 4.98 Å². The maximum Gasteiger partial charge on any atom is 0.141 e. The normalized spacial score (nSPS) is 14.6. The topological polar surface area (TPSA) is 66.0 Å². The Balaban J connectivity index is 2.15. The van der Waals surface area contributed by atoms with Crippen LogP contribution in [-0.2, 0) is 0 Å². The molecule has 4 nitrogen and oxygen atoms in total. The van der Waals surface area contributed by atoms with Crippen LogP contribution >= 0.6 is 0 Å². The lowest BCUT2D eigenvalue weighted by Crippen LogP contribution is -2.28. The predicted molar refractivity (Wildman–Crippen MR) is 70.5 cm³/mol. The second-order valence-corrected chi connectivity index (χ2v) is 4.68. The molecule has 1 aliphatic carbocycles. The van der Waals surface area contributed by atoms with Crippen LogP contribution in [0.5, 0.6) is 0 Å². The van der Waals surface area contributed by atoms with Gasteiger partial charge < -0.3 is 10.6 Å². The smallest absolute Gasteiger partial charge is 0.141 e. The van der Waals surface area contributed by atoms with Crippen LogP contribution < -0.4 is 10.6 Å². The summed E-state index contributed by atoms with van der Waals surface area (Å²) in [6.45, 7) is 4.28. The van der Waals surface area contributed by atoms with Crippen molar-refractivity contribution in [2.24, 2.45) is 11.7 Å². The first-order valence-corrected chi connectivity index (χ1v) is 6.27. The first kappa shape index (κ1) is 11.9. The molecule has 1 aliphatic rings. The Bertz CT molecular complexity index is 398. The van der Waals surface area contributed by atoms with E-state index in [1.165, 1.54) is 12.8 Å². The monoisotopic (exact) mass is 232 g/mol. The maximum atomic E-state index is 7.43. The molecule has 1 aromatic heterocycles. The van der Waals surface area contributed by atoms with Crippen molar-refractivity contribution in [3.05, 3.63) is 23.9 Å². The molecule has 92 valence electrons. The van der Waals surface area contributed by atoms with E-state index in [0.29, 0.717) is 5.69 Å². The van der Waals surface area contributed by atoms with Crippen molar-refractivity contribution >= 4 is 11.7 Å². The number of anilines is 1. The summed E-state index contributed by atoms with van der Waals surface area (Å²) in [5.41, 5.74) is 6.04. The average Bonchev–Trinajstić information content (AvgIpc) is 3.12. The lowest BCUT2D eigenvalue weighted by molar-refractivity contribution is 0.699. The number of rotatable bonds is 6. The van der Waals surface area contributed by atoms with E-state index in [1.807, 2.05) is 12.1 Å². The molecule has 0 spiro atoms. The van der Waals surface area contributed by atoms with Crippen molar-refractivity contribution in [3.8, 4) is 0 Å². The number of hydrogen-bond acceptors (Lipinski definition) is 3. The lowest BCUT2D eigenvalue weighted by atomic mass is 10.3. The van der Waals surface area contributed by atoms with E-state index in [-0.39, 0.29) is 5.84 Å². The Labute approximate surface area is 102 Å². The second kappa shape index (κ2) is 5.17. The van der Waals surface area contributed by atoms with Gasteiger partial charge in [0.05, 0.1) is 0 Å². The highest BCUT2D eigenvalue weighted by atomic mass is 15.2. The third-order valence-electron chi connectivity index (χ3n) is 3.00. The molecule has 0 amide bonds. The molecule has 0 saturated heterocycles. The van der Waals surface area contributed by atoms with Gasteiger partial charge in [0.15, 0.2) is 0 Å². The highest BCUT2D eigenvalue weighted by Gasteiger charge is 2.24. The van der Waals surface area contributed by atoms with Crippen molar-refractivity contribution in [3.63, 3.8) is 0 Å². The van der Waals surface area contributed by atoms with Crippen LogP contribution in [0, 0.1) is 11.3 Å². The fraction of sp³-hybridized carbons (Fsp3) is 0.538. The summed E-state index contributed by atoms with van der Waals surface area (Å²) in [4.78, 5) is 6.76. The van der Waals surface area contributed by atoms with Crippen LogP contribution in [0.4, 0.5) is 5.82 Å². The van der Waals surface area contributed by atoms with Crippen LogP contribution in [0.2, 0.25) is 0 Å². The SMILES string of the molecule is CCCN(CC1CC1)c1cccc(C(=N)N)n1. The van der Waals surface area contributed by atoms with Crippen LogP contribution in [0.15, 0.2) is 18.2 Å². The molecule has 1 aromatic rings. The Morgan fingerprint density at radius 2 is 2.29 bits per heavy atom. The molecule has 3 N–H and O–H groups in total. The van der Waals surface area contributed by atoms with Crippen molar-refractivity contribution in [2.45, 2.75) is 26.2 Å². The number of nitrogens with one attached hydrogen (secondary N) is 1. The molecule has 17 heavy (non-hydrogen) atoms. The van der Waals surface area contributed by atoms with E-state index in [1.54, 1.807) is 6.07 Å². The number of hydrogen-bond donors (Lipinski definition) is 2. The molecule has 0 unspecified atom stereocenters. The van der Waals surface area contributed by atoms with Crippen LogP contribution in [0.3, 0.4) is 0 Å². The quantitative estimate of drug-likeness (QED) is 0.582. The number of nitrogen functional groups attached to an aromatic ring is 1. The van der Waals surface area contributed by atoms with Crippen molar-refractivity contribution in [2.75, 3.05) is 18.0 Å². The van der Waals surface area contributed by atoms with Crippen molar-refractivity contribution in [1.29, 1.82) is 5.41 Å². The van der Waals surface area contributed by atoms with Gasteiger partial charge in [-0.2, -0.15) is 0 Å². The standard InChI is InChI=1S/C13H20N4/c1-2-8-17(9-10-6-7-10)12-5-3-4-11(16-12)13(14)15/h3-5,10H,2,6-9H2,1H3,(H3,14,15). The van der Waals surface area contributed by atoms with E-state index in [2.05, 4.69) is 16.8 Å². The summed E-state index contributed by atoms with van der Waals surface area (Å²) in [6, 6.07) is 5.71. The molecule has 4 heteroatoms. The molecular weight excluding hydrogens is 212 g/mol. The third-order valence-corrected chi connectivity index (χ3v) is 3.00. The first-order valence-electron chi connectivity index (χ1n) is 6.27. The zero-order valence-electron chi connectivity index (χ0n) is 10.3. The third kappa shape index (κ3) is 3.19. The molecule has 0 atom stereocenters. The number of pyridine rings is 1. The molecule has 2 rings (SSSR count). The van der Waals surface area contributed by atoms with E-state index >= 15 is 0 Å². The summed E-state index contributed by atoms with van der Waals surface area (Å²) < 4.78 is 0. The largest absolute Gasteiger partial charge is 0.382 e. The summed E-state index contributed by atoms with van der Waals surface area (Å²) in [5.74, 6) is 1.82. The van der Waals surface area contributed by atoms with Gasteiger partial charge in [-0.05, 0) is 37.3 Å². The van der Waals surface area contributed by atoms with E-state index in [0.717, 1.165) is 31.2 Å². The zero-order valence-corrected chi connectivity index (χ0v) is 10.3.